The van der Waals surface area contributed by atoms with Crippen LogP contribution in [0.5, 0.6) is 0 Å². The molecule has 0 spiro atoms. The monoisotopic (exact) mass is 188 g/mol. The number of carboxylic acid groups (broad SMARTS) is 1. The van der Waals surface area contributed by atoms with Crippen LogP contribution < -0.4 is 0 Å². The summed E-state index contributed by atoms with van der Waals surface area (Å²) in [5.74, 6) is -1.33. The Labute approximate surface area is 77.5 Å². The lowest BCUT2D eigenvalue weighted by molar-refractivity contribution is -0.171. The van der Waals surface area contributed by atoms with Crippen LogP contribution in [0.25, 0.3) is 0 Å². The fourth-order valence-electron chi connectivity index (χ4n) is 1.77. The standard InChI is InChI=1S/C9H16O4/c1-6(7(2)10)9(8(11)12)4-3-5-13-9/h6-7,10H,3-5H2,1-2H3,(H,11,12). The van der Waals surface area contributed by atoms with Gasteiger partial charge in [-0.1, -0.05) is 6.92 Å². The van der Waals surface area contributed by atoms with Gasteiger partial charge in [-0.05, 0) is 19.8 Å². The summed E-state index contributed by atoms with van der Waals surface area (Å²) in [6, 6.07) is 0. The van der Waals surface area contributed by atoms with E-state index in [4.69, 9.17) is 9.84 Å². The normalized spacial score (nSPS) is 32.8. The molecule has 0 radical (unpaired) electrons. The molecule has 0 amide bonds. The van der Waals surface area contributed by atoms with Crippen LogP contribution in [0.4, 0.5) is 0 Å². The molecule has 1 aliphatic rings. The van der Waals surface area contributed by atoms with Crippen molar-refractivity contribution in [1.29, 1.82) is 0 Å². The number of carboxylic acids is 1. The van der Waals surface area contributed by atoms with Crippen LogP contribution in [-0.2, 0) is 9.53 Å². The topological polar surface area (TPSA) is 66.8 Å². The molecule has 4 nitrogen and oxygen atoms in total. The minimum absolute atomic E-state index is 0.368. The van der Waals surface area contributed by atoms with Gasteiger partial charge in [0.2, 0.25) is 0 Å². The van der Waals surface area contributed by atoms with Crippen molar-refractivity contribution < 1.29 is 19.7 Å². The predicted octanol–water partition coefficient (Wildman–Crippen LogP) is 0.637. The highest BCUT2D eigenvalue weighted by atomic mass is 16.5. The van der Waals surface area contributed by atoms with E-state index in [2.05, 4.69) is 0 Å². The molecule has 1 heterocycles. The maximum Gasteiger partial charge on any atom is 0.336 e. The minimum atomic E-state index is -1.16. The number of rotatable bonds is 3. The van der Waals surface area contributed by atoms with Gasteiger partial charge in [0.15, 0.2) is 5.60 Å². The summed E-state index contributed by atoms with van der Waals surface area (Å²) < 4.78 is 5.27. The number of aliphatic hydroxyl groups is 1. The summed E-state index contributed by atoms with van der Waals surface area (Å²) in [5.41, 5.74) is -1.16. The van der Waals surface area contributed by atoms with E-state index in [9.17, 15) is 9.90 Å². The van der Waals surface area contributed by atoms with Crippen molar-refractivity contribution in [2.45, 2.75) is 38.4 Å². The Morgan fingerprint density at radius 1 is 1.54 bits per heavy atom. The molecule has 0 aromatic carbocycles. The molecular formula is C9H16O4. The number of aliphatic hydroxyl groups excluding tert-OH is 1. The number of carbonyl (C=O) groups is 1. The molecule has 1 rings (SSSR count). The molecule has 3 unspecified atom stereocenters. The number of aliphatic carboxylic acids is 1. The highest BCUT2D eigenvalue weighted by Gasteiger charge is 2.49. The van der Waals surface area contributed by atoms with Gasteiger partial charge in [-0.3, -0.25) is 0 Å². The fourth-order valence-corrected chi connectivity index (χ4v) is 1.77. The van der Waals surface area contributed by atoms with E-state index < -0.39 is 17.7 Å². The first-order chi connectivity index (χ1) is 6.00. The van der Waals surface area contributed by atoms with Crippen LogP contribution >= 0.6 is 0 Å². The van der Waals surface area contributed by atoms with Gasteiger partial charge in [-0.2, -0.15) is 0 Å². The van der Waals surface area contributed by atoms with E-state index in [0.717, 1.165) is 6.42 Å². The number of hydrogen-bond acceptors (Lipinski definition) is 3. The average molecular weight is 188 g/mol. The third-order valence-corrected chi connectivity index (χ3v) is 2.87. The third-order valence-electron chi connectivity index (χ3n) is 2.87. The van der Waals surface area contributed by atoms with E-state index >= 15 is 0 Å². The third kappa shape index (κ3) is 1.69. The van der Waals surface area contributed by atoms with Crippen LogP contribution in [-0.4, -0.2) is 34.5 Å². The van der Waals surface area contributed by atoms with Crippen molar-refractivity contribution in [3.63, 3.8) is 0 Å². The largest absolute Gasteiger partial charge is 0.479 e. The summed E-state index contributed by atoms with van der Waals surface area (Å²) in [6.45, 7) is 3.78. The van der Waals surface area contributed by atoms with Crippen molar-refractivity contribution in [3.05, 3.63) is 0 Å². The van der Waals surface area contributed by atoms with E-state index in [1.54, 1.807) is 13.8 Å². The predicted molar refractivity (Wildman–Crippen MR) is 46.4 cm³/mol. The second-order valence-electron chi connectivity index (χ2n) is 3.68. The average Bonchev–Trinajstić information content (AvgIpc) is 2.51. The van der Waals surface area contributed by atoms with Crippen LogP contribution in [0.15, 0.2) is 0 Å². The van der Waals surface area contributed by atoms with Crippen molar-refractivity contribution >= 4 is 5.97 Å². The van der Waals surface area contributed by atoms with Crippen molar-refractivity contribution in [2.75, 3.05) is 6.61 Å². The molecule has 3 atom stereocenters. The Hall–Kier alpha value is -0.610. The molecule has 1 saturated heterocycles. The second kappa shape index (κ2) is 3.64. The quantitative estimate of drug-likeness (QED) is 0.682. The highest BCUT2D eigenvalue weighted by molar-refractivity contribution is 5.78. The summed E-state index contributed by atoms with van der Waals surface area (Å²) in [7, 11) is 0. The molecule has 2 N–H and O–H groups in total. The van der Waals surface area contributed by atoms with E-state index in [1.165, 1.54) is 0 Å². The van der Waals surface area contributed by atoms with E-state index in [0.29, 0.717) is 13.0 Å². The molecule has 76 valence electrons. The zero-order valence-corrected chi connectivity index (χ0v) is 7.99. The van der Waals surface area contributed by atoms with Gasteiger partial charge in [0.1, 0.15) is 0 Å². The Bertz CT molecular complexity index is 194. The second-order valence-corrected chi connectivity index (χ2v) is 3.68. The molecule has 4 heteroatoms. The van der Waals surface area contributed by atoms with Crippen LogP contribution in [0.1, 0.15) is 26.7 Å². The zero-order valence-electron chi connectivity index (χ0n) is 7.99. The van der Waals surface area contributed by atoms with Crippen molar-refractivity contribution in [3.8, 4) is 0 Å². The van der Waals surface area contributed by atoms with Gasteiger partial charge in [0.25, 0.3) is 0 Å². The lowest BCUT2D eigenvalue weighted by Gasteiger charge is -2.31. The van der Waals surface area contributed by atoms with Gasteiger partial charge < -0.3 is 14.9 Å². The molecule has 0 bridgehead atoms. The van der Waals surface area contributed by atoms with Crippen LogP contribution in [0, 0.1) is 5.92 Å². The lowest BCUT2D eigenvalue weighted by atomic mass is 9.83. The van der Waals surface area contributed by atoms with Crippen molar-refractivity contribution in [2.24, 2.45) is 5.92 Å². The Balaban J connectivity index is 2.84. The first-order valence-corrected chi connectivity index (χ1v) is 4.56. The van der Waals surface area contributed by atoms with Crippen LogP contribution in [0.3, 0.4) is 0 Å². The van der Waals surface area contributed by atoms with Gasteiger partial charge in [0, 0.05) is 12.5 Å². The van der Waals surface area contributed by atoms with Gasteiger partial charge in [0.05, 0.1) is 6.10 Å². The van der Waals surface area contributed by atoms with Gasteiger partial charge in [-0.15, -0.1) is 0 Å². The molecular weight excluding hydrogens is 172 g/mol. The van der Waals surface area contributed by atoms with Gasteiger partial charge in [-0.25, -0.2) is 4.79 Å². The first-order valence-electron chi connectivity index (χ1n) is 4.56. The summed E-state index contributed by atoms with van der Waals surface area (Å²) in [4.78, 5) is 11.0. The van der Waals surface area contributed by atoms with E-state index in [1.807, 2.05) is 0 Å². The van der Waals surface area contributed by atoms with E-state index in [-0.39, 0.29) is 5.92 Å². The fraction of sp³-hybridized carbons (Fsp3) is 0.889. The lowest BCUT2D eigenvalue weighted by Crippen LogP contribution is -2.48. The SMILES string of the molecule is CC(O)C(C)C1(C(=O)O)CCCO1. The minimum Gasteiger partial charge on any atom is -0.479 e. The zero-order chi connectivity index (χ0) is 10.1. The number of ether oxygens (including phenoxy) is 1. The highest BCUT2D eigenvalue weighted by Crippen LogP contribution is 2.35. The Morgan fingerprint density at radius 2 is 2.15 bits per heavy atom. The van der Waals surface area contributed by atoms with Gasteiger partial charge >= 0.3 is 5.97 Å². The Kier molecular flexibility index (Phi) is 2.93. The molecule has 1 fully saturated rings. The maximum atomic E-state index is 11.0. The molecule has 0 aliphatic carbocycles. The first kappa shape index (κ1) is 10.5. The Morgan fingerprint density at radius 3 is 2.46 bits per heavy atom. The molecule has 1 aliphatic heterocycles. The number of hydrogen-bond donors (Lipinski definition) is 2. The van der Waals surface area contributed by atoms with Crippen LogP contribution in [0.2, 0.25) is 0 Å². The molecule has 13 heavy (non-hydrogen) atoms. The molecule has 0 saturated carbocycles. The smallest absolute Gasteiger partial charge is 0.336 e. The molecule has 0 aromatic heterocycles. The maximum absolute atomic E-state index is 11.0. The summed E-state index contributed by atoms with van der Waals surface area (Å²) in [5, 5.41) is 18.4. The van der Waals surface area contributed by atoms with Crippen molar-refractivity contribution in [1.82, 2.24) is 0 Å². The summed E-state index contributed by atoms with van der Waals surface area (Å²) in [6.07, 6.45) is 0.590. The summed E-state index contributed by atoms with van der Waals surface area (Å²) >= 11 is 0. The molecule has 0 aromatic rings.